The summed E-state index contributed by atoms with van der Waals surface area (Å²) < 4.78 is 54.2. The van der Waals surface area contributed by atoms with Crippen molar-refractivity contribution in [2.24, 2.45) is 0 Å². The van der Waals surface area contributed by atoms with Crippen molar-refractivity contribution in [2.45, 2.75) is 36.0 Å². The van der Waals surface area contributed by atoms with Gasteiger partial charge in [0.05, 0.1) is 9.79 Å². The van der Waals surface area contributed by atoms with E-state index in [0.29, 0.717) is 24.5 Å². The summed E-state index contributed by atoms with van der Waals surface area (Å²) in [6.45, 7) is 2.96. The molecule has 0 aliphatic carbocycles. The molecule has 35 heavy (non-hydrogen) atoms. The van der Waals surface area contributed by atoms with Crippen molar-refractivity contribution in [3.63, 3.8) is 0 Å². The lowest BCUT2D eigenvalue weighted by Crippen LogP contribution is -2.28. The number of rotatable bonds is 9. The number of anilines is 1. The van der Waals surface area contributed by atoms with Crippen molar-refractivity contribution in [1.82, 2.24) is 19.2 Å². The van der Waals surface area contributed by atoms with E-state index in [1.54, 1.807) is 24.3 Å². The minimum atomic E-state index is -3.64. The number of hydrogen-bond acceptors (Lipinski definition) is 8. The van der Waals surface area contributed by atoms with Crippen LogP contribution in [0.2, 0.25) is 0 Å². The smallest absolute Gasteiger partial charge is 0.257 e. The molecule has 2 N–H and O–H groups in total. The molecule has 0 saturated carbocycles. The van der Waals surface area contributed by atoms with Gasteiger partial charge in [0, 0.05) is 31.6 Å². The summed E-state index contributed by atoms with van der Waals surface area (Å²) in [7, 11) is -7.27. The van der Waals surface area contributed by atoms with Crippen LogP contribution in [0.25, 0.3) is 0 Å². The third-order valence-electron chi connectivity index (χ3n) is 5.45. The summed E-state index contributed by atoms with van der Waals surface area (Å²) >= 11 is 1.12. The van der Waals surface area contributed by atoms with Crippen LogP contribution < -0.4 is 10.0 Å². The predicted molar refractivity (Wildman–Crippen MR) is 132 cm³/mol. The first-order valence-electron chi connectivity index (χ1n) is 11.0. The highest BCUT2D eigenvalue weighted by Gasteiger charge is 2.27. The molecule has 1 aromatic heterocycles. The minimum absolute atomic E-state index is 0.0749. The fourth-order valence-electron chi connectivity index (χ4n) is 3.54. The van der Waals surface area contributed by atoms with Gasteiger partial charge in [0.2, 0.25) is 25.2 Å². The molecule has 4 rings (SSSR count). The third kappa shape index (κ3) is 6.11. The van der Waals surface area contributed by atoms with Gasteiger partial charge in [-0.05, 0) is 50.1 Å². The molecule has 2 heterocycles. The number of hydrogen-bond donors (Lipinski definition) is 2. The number of sulfonamides is 2. The molecule has 0 spiro atoms. The van der Waals surface area contributed by atoms with E-state index in [0.717, 1.165) is 29.7 Å². The Morgan fingerprint density at radius 2 is 1.71 bits per heavy atom. The van der Waals surface area contributed by atoms with Gasteiger partial charge in [-0.1, -0.05) is 35.1 Å². The van der Waals surface area contributed by atoms with E-state index in [4.69, 9.17) is 0 Å². The molecule has 1 aliphatic heterocycles. The van der Waals surface area contributed by atoms with Crippen LogP contribution in [0.1, 0.15) is 33.8 Å². The van der Waals surface area contributed by atoms with Crippen molar-refractivity contribution >= 4 is 42.4 Å². The van der Waals surface area contributed by atoms with E-state index in [1.807, 2.05) is 6.92 Å². The lowest BCUT2D eigenvalue weighted by molar-refractivity contribution is 0.102. The number of benzene rings is 2. The largest absolute Gasteiger partial charge is 0.296 e. The Hall–Kier alpha value is -2.71. The number of amides is 1. The van der Waals surface area contributed by atoms with Gasteiger partial charge in [0.25, 0.3) is 5.91 Å². The molecule has 13 heteroatoms. The van der Waals surface area contributed by atoms with Gasteiger partial charge in [0.15, 0.2) is 0 Å². The lowest BCUT2D eigenvalue weighted by atomic mass is 10.2. The lowest BCUT2D eigenvalue weighted by Gasteiger charge is -2.15. The van der Waals surface area contributed by atoms with Gasteiger partial charge in [-0.25, -0.2) is 21.6 Å². The molecule has 0 radical (unpaired) electrons. The number of aryl methyl sites for hydroxylation is 1. The molecular weight excluding hydrogens is 510 g/mol. The van der Waals surface area contributed by atoms with E-state index in [9.17, 15) is 21.6 Å². The maximum atomic E-state index is 12.8. The fourth-order valence-corrected chi connectivity index (χ4v) is 6.87. The summed E-state index contributed by atoms with van der Waals surface area (Å²) in [6.07, 6.45) is 1.95. The second-order valence-electron chi connectivity index (χ2n) is 8.05. The first-order valence-corrected chi connectivity index (χ1v) is 14.7. The van der Waals surface area contributed by atoms with Gasteiger partial charge < -0.3 is 0 Å². The summed E-state index contributed by atoms with van der Waals surface area (Å²) in [5.41, 5.74) is 1.15. The molecule has 10 nitrogen and oxygen atoms in total. The second kappa shape index (κ2) is 10.5. The molecule has 2 aromatic carbocycles. The molecule has 1 fully saturated rings. The first kappa shape index (κ1) is 25.4. The van der Waals surface area contributed by atoms with Gasteiger partial charge >= 0.3 is 0 Å². The molecule has 0 atom stereocenters. The van der Waals surface area contributed by atoms with Crippen LogP contribution in [0.5, 0.6) is 0 Å². The Kier molecular flexibility index (Phi) is 7.62. The zero-order chi connectivity index (χ0) is 25.1. The molecule has 3 aromatic rings. The van der Waals surface area contributed by atoms with Crippen LogP contribution in [0.3, 0.4) is 0 Å². The van der Waals surface area contributed by atoms with Gasteiger partial charge in [-0.3, -0.25) is 10.1 Å². The van der Waals surface area contributed by atoms with Crippen molar-refractivity contribution in [2.75, 3.05) is 25.0 Å². The summed E-state index contributed by atoms with van der Waals surface area (Å²) in [5.74, 6) is -0.508. The van der Waals surface area contributed by atoms with Crippen LogP contribution >= 0.6 is 11.3 Å². The summed E-state index contributed by atoms with van der Waals surface area (Å²) in [5, 5.41) is 11.3. The molecule has 0 unspecified atom stereocenters. The van der Waals surface area contributed by atoms with Gasteiger partial charge in [-0.2, -0.15) is 4.31 Å². The van der Waals surface area contributed by atoms with E-state index in [2.05, 4.69) is 20.2 Å². The SMILES string of the molecule is Cc1ccc(S(=O)(=O)NCCc2nnc(NC(=O)c3cccc(S(=O)(=O)N4CCCC4)c3)s2)cc1. The number of nitrogens with one attached hydrogen (secondary N) is 2. The summed E-state index contributed by atoms with van der Waals surface area (Å²) in [6, 6.07) is 12.4. The normalized spacial score (nSPS) is 14.8. The average Bonchev–Trinajstić information content (AvgIpc) is 3.52. The van der Waals surface area contributed by atoms with Gasteiger partial charge in [-0.15, -0.1) is 10.2 Å². The second-order valence-corrected chi connectivity index (χ2v) is 12.8. The zero-order valence-corrected chi connectivity index (χ0v) is 21.4. The molecule has 186 valence electrons. The Bertz CT molecular complexity index is 1410. The van der Waals surface area contributed by atoms with E-state index < -0.39 is 26.0 Å². The zero-order valence-electron chi connectivity index (χ0n) is 19.0. The van der Waals surface area contributed by atoms with E-state index in [1.165, 1.54) is 28.6 Å². The maximum Gasteiger partial charge on any atom is 0.257 e. The van der Waals surface area contributed by atoms with Crippen LogP contribution in [-0.4, -0.2) is 56.9 Å². The standard InChI is InChI=1S/C22H25N5O5S3/c1-16-7-9-18(10-8-16)34(29,30)23-12-11-20-25-26-22(33-20)24-21(28)17-5-4-6-19(15-17)35(31,32)27-13-2-3-14-27/h4-10,15,23H,2-3,11-14H2,1H3,(H,24,26,28). The number of carbonyl (C=O) groups is 1. The van der Waals surface area contributed by atoms with Crippen LogP contribution in [-0.2, 0) is 26.5 Å². The quantitative estimate of drug-likeness (QED) is 0.429. The van der Waals surface area contributed by atoms with Crippen LogP contribution in [0, 0.1) is 6.92 Å². The molecule has 0 bridgehead atoms. The average molecular weight is 536 g/mol. The number of nitrogens with zero attached hydrogens (tertiary/aromatic N) is 3. The van der Waals surface area contributed by atoms with E-state index >= 15 is 0 Å². The molecule has 1 aliphatic rings. The Morgan fingerprint density at radius 3 is 2.43 bits per heavy atom. The van der Waals surface area contributed by atoms with E-state index in [-0.39, 0.29) is 27.0 Å². The minimum Gasteiger partial charge on any atom is -0.296 e. The van der Waals surface area contributed by atoms with Crippen LogP contribution in [0.15, 0.2) is 58.3 Å². The number of aromatic nitrogens is 2. The van der Waals surface area contributed by atoms with Crippen LogP contribution in [0.4, 0.5) is 5.13 Å². The Morgan fingerprint density at radius 1 is 1.00 bits per heavy atom. The Labute approximate surface area is 208 Å². The van der Waals surface area contributed by atoms with Crippen molar-refractivity contribution in [1.29, 1.82) is 0 Å². The molecule has 1 amide bonds. The fraction of sp³-hybridized carbons (Fsp3) is 0.318. The number of carbonyl (C=O) groups excluding carboxylic acids is 1. The topological polar surface area (TPSA) is 138 Å². The summed E-state index contributed by atoms with van der Waals surface area (Å²) in [4.78, 5) is 12.9. The van der Waals surface area contributed by atoms with Gasteiger partial charge in [0.1, 0.15) is 5.01 Å². The Balaban J connectivity index is 1.35. The molecule has 1 saturated heterocycles. The molecular formula is C22H25N5O5S3. The highest BCUT2D eigenvalue weighted by molar-refractivity contribution is 7.89. The van der Waals surface area contributed by atoms with Crippen molar-refractivity contribution < 1.29 is 21.6 Å². The van der Waals surface area contributed by atoms with Crippen molar-refractivity contribution in [3.05, 3.63) is 64.7 Å². The maximum absolute atomic E-state index is 12.8. The van der Waals surface area contributed by atoms with Crippen molar-refractivity contribution in [3.8, 4) is 0 Å². The predicted octanol–water partition coefficient (Wildman–Crippen LogP) is 2.40. The first-order chi connectivity index (χ1) is 16.6. The highest BCUT2D eigenvalue weighted by atomic mass is 32.2. The third-order valence-corrected chi connectivity index (χ3v) is 9.72. The monoisotopic (exact) mass is 535 g/mol. The highest BCUT2D eigenvalue weighted by Crippen LogP contribution is 2.22.